The molecule has 2 aliphatic rings. The molecular formula is C18H23ClN2O4S. The summed E-state index contributed by atoms with van der Waals surface area (Å²) in [5, 5.41) is 3.46. The smallest absolute Gasteiger partial charge is 0.238 e. The average molecular weight is 399 g/mol. The fraction of sp³-hybridized carbons (Fsp3) is 0.556. The second-order valence-electron chi connectivity index (χ2n) is 7.04. The van der Waals surface area contributed by atoms with E-state index in [1.54, 1.807) is 17.0 Å². The molecule has 0 bridgehead atoms. The maximum absolute atomic E-state index is 13.0. The van der Waals surface area contributed by atoms with Crippen molar-refractivity contribution >= 4 is 33.3 Å². The van der Waals surface area contributed by atoms with E-state index in [0.29, 0.717) is 37.4 Å². The van der Waals surface area contributed by atoms with E-state index < -0.39 is 15.3 Å². The van der Waals surface area contributed by atoms with Crippen LogP contribution in [0.2, 0.25) is 5.02 Å². The van der Waals surface area contributed by atoms with Gasteiger partial charge in [0.1, 0.15) is 5.41 Å². The highest BCUT2D eigenvalue weighted by molar-refractivity contribution is 7.91. The van der Waals surface area contributed by atoms with Gasteiger partial charge in [0.25, 0.3) is 0 Å². The van der Waals surface area contributed by atoms with Crippen molar-refractivity contribution in [3.8, 4) is 0 Å². The third kappa shape index (κ3) is 3.88. The van der Waals surface area contributed by atoms with Crippen LogP contribution in [0.5, 0.6) is 0 Å². The van der Waals surface area contributed by atoms with Crippen LogP contribution in [0.15, 0.2) is 24.3 Å². The van der Waals surface area contributed by atoms with Gasteiger partial charge in [-0.3, -0.25) is 9.59 Å². The van der Waals surface area contributed by atoms with Crippen LogP contribution in [0, 0.1) is 5.41 Å². The molecule has 1 unspecified atom stereocenters. The lowest BCUT2D eigenvalue weighted by molar-refractivity contribution is -0.145. The highest BCUT2D eigenvalue weighted by atomic mass is 35.5. The Balaban J connectivity index is 1.65. The van der Waals surface area contributed by atoms with Crippen molar-refractivity contribution in [3.05, 3.63) is 34.9 Å². The van der Waals surface area contributed by atoms with Crippen LogP contribution in [0.1, 0.15) is 31.7 Å². The third-order valence-electron chi connectivity index (χ3n) is 5.21. The maximum Gasteiger partial charge on any atom is 0.238 e. The molecule has 2 fully saturated rings. The van der Waals surface area contributed by atoms with Gasteiger partial charge in [-0.1, -0.05) is 23.7 Å². The normalized spacial score (nSPS) is 22.6. The number of nitrogens with zero attached hydrogens (tertiary/aromatic N) is 1. The van der Waals surface area contributed by atoms with Crippen LogP contribution < -0.4 is 5.32 Å². The van der Waals surface area contributed by atoms with Gasteiger partial charge in [0.2, 0.25) is 11.8 Å². The van der Waals surface area contributed by atoms with Crippen molar-refractivity contribution in [2.75, 3.05) is 18.1 Å². The zero-order chi connectivity index (χ0) is 18.9. The fourth-order valence-corrected chi connectivity index (χ4v) is 5.34. The minimum atomic E-state index is -3.08. The van der Waals surface area contributed by atoms with Gasteiger partial charge in [0.15, 0.2) is 9.84 Å². The standard InChI is InChI=1S/C18H23ClN2O4S/c1-2-21(15-7-10-26(24,25)12-15)17(23)18(8-9-18)16(22)20-11-13-3-5-14(19)6-4-13/h3-6,15H,2,7-12H2,1H3,(H,20,22). The third-order valence-corrected chi connectivity index (χ3v) is 7.21. The summed E-state index contributed by atoms with van der Waals surface area (Å²) in [6.07, 6.45) is 1.47. The molecular weight excluding hydrogens is 376 g/mol. The van der Waals surface area contributed by atoms with Gasteiger partial charge in [-0.2, -0.15) is 0 Å². The molecule has 0 radical (unpaired) electrons. The lowest BCUT2D eigenvalue weighted by atomic mass is 10.0. The molecule has 1 atom stereocenters. The molecule has 1 saturated heterocycles. The molecule has 1 saturated carbocycles. The lowest BCUT2D eigenvalue weighted by Gasteiger charge is -2.30. The Kier molecular flexibility index (Phi) is 5.30. The SMILES string of the molecule is CCN(C(=O)C1(C(=O)NCc2ccc(Cl)cc2)CC1)C1CCS(=O)(=O)C1. The first-order valence-electron chi connectivity index (χ1n) is 8.82. The molecule has 0 aromatic heterocycles. The summed E-state index contributed by atoms with van der Waals surface area (Å²) in [5.74, 6) is -0.417. The van der Waals surface area contributed by atoms with Crippen LogP contribution >= 0.6 is 11.6 Å². The number of sulfone groups is 1. The van der Waals surface area contributed by atoms with E-state index in [4.69, 9.17) is 11.6 Å². The highest BCUT2D eigenvalue weighted by Gasteiger charge is 2.58. The van der Waals surface area contributed by atoms with E-state index in [1.807, 2.05) is 19.1 Å². The van der Waals surface area contributed by atoms with Crippen molar-refractivity contribution < 1.29 is 18.0 Å². The van der Waals surface area contributed by atoms with Crippen LogP contribution in [-0.2, 0) is 26.0 Å². The maximum atomic E-state index is 13.0. The van der Waals surface area contributed by atoms with E-state index >= 15 is 0 Å². The summed E-state index contributed by atoms with van der Waals surface area (Å²) in [4.78, 5) is 27.3. The molecule has 6 nitrogen and oxygen atoms in total. The van der Waals surface area contributed by atoms with Gasteiger partial charge in [-0.25, -0.2) is 8.42 Å². The van der Waals surface area contributed by atoms with Gasteiger partial charge in [-0.15, -0.1) is 0 Å². The highest BCUT2D eigenvalue weighted by Crippen LogP contribution is 2.48. The lowest BCUT2D eigenvalue weighted by Crippen LogP contribution is -2.49. The fourth-order valence-electron chi connectivity index (χ4n) is 3.48. The van der Waals surface area contributed by atoms with E-state index in [-0.39, 0.29) is 29.4 Å². The predicted octanol–water partition coefficient (Wildman–Crippen LogP) is 1.77. The minimum absolute atomic E-state index is 0.00491. The second kappa shape index (κ2) is 7.19. The topological polar surface area (TPSA) is 83.6 Å². The zero-order valence-electron chi connectivity index (χ0n) is 14.7. The van der Waals surface area contributed by atoms with Crippen LogP contribution in [0.25, 0.3) is 0 Å². The summed E-state index contributed by atoms with van der Waals surface area (Å²) in [7, 11) is -3.08. The molecule has 1 heterocycles. The number of rotatable bonds is 6. The Bertz CT molecular complexity index is 803. The Morgan fingerprint density at radius 2 is 1.92 bits per heavy atom. The van der Waals surface area contributed by atoms with Crippen molar-refractivity contribution in [2.45, 2.75) is 38.8 Å². The van der Waals surface area contributed by atoms with Gasteiger partial charge in [-0.05, 0) is 43.9 Å². The van der Waals surface area contributed by atoms with Gasteiger partial charge < -0.3 is 10.2 Å². The summed E-state index contributed by atoms with van der Waals surface area (Å²) >= 11 is 5.85. The molecule has 0 spiro atoms. The number of nitrogens with one attached hydrogen (secondary N) is 1. The summed E-state index contributed by atoms with van der Waals surface area (Å²) < 4.78 is 23.5. The summed E-state index contributed by atoms with van der Waals surface area (Å²) in [5.41, 5.74) is -0.130. The van der Waals surface area contributed by atoms with E-state index in [2.05, 4.69) is 5.32 Å². The minimum Gasteiger partial charge on any atom is -0.351 e. The van der Waals surface area contributed by atoms with Crippen LogP contribution in [0.4, 0.5) is 0 Å². The molecule has 1 aromatic rings. The molecule has 142 valence electrons. The van der Waals surface area contributed by atoms with Crippen molar-refractivity contribution in [1.29, 1.82) is 0 Å². The van der Waals surface area contributed by atoms with Gasteiger partial charge in [0, 0.05) is 24.2 Å². The molecule has 26 heavy (non-hydrogen) atoms. The van der Waals surface area contributed by atoms with Crippen molar-refractivity contribution in [1.82, 2.24) is 10.2 Å². The number of benzene rings is 1. The van der Waals surface area contributed by atoms with E-state index in [0.717, 1.165) is 5.56 Å². The summed E-state index contributed by atoms with van der Waals surface area (Å²) in [6.45, 7) is 2.56. The van der Waals surface area contributed by atoms with Gasteiger partial charge >= 0.3 is 0 Å². The Hall–Kier alpha value is -1.60. The van der Waals surface area contributed by atoms with Crippen molar-refractivity contribution in [2.24, 2.45) is 5.41 Å². The molecule has 1 aromatic carbocycles. The van der Waals surface area contributed by atoms with E-state index in [1.165, 1.54) is 0 Å². The Labute approximate surface area is 158 Å². The first kappa shape index (κ1) is 19.2. The summed E-state index contributed by atoms with van der Waals surface area (Å²) in [6, 6.07) is 6.83. The Morgan fingerprint density at radius 3 is 2.42 bits per heavy atom. The zero-order valence-corrected chi connectivity index (χ0v) is 16.3. The van der Waals surface area contributed by atoms with Crippen LogP contribution in [0.3, 0.4) is 0 Å². The van der Waals surface area contributed by atoms with Crippen molar-refractivity contribution in [3.63, 3.8) is 0 Å². The first-order valence-corrected chi connectivity index (χ1v) is 11.0. The first-order chi connectivity index (χ1) is 12.3. The molecule has 3 rings (SSSR count). The average Bonchev–Trinajstić information content (AvgIpc) is 3.34. The quantitative estimate of drug-likeness (QED) is 0.740. The molecule has 2 amide bonds. The molecule has 1 N–H and O–H groups in total. The second-order valence-corrected chi connectivity index (χ2v) is 9.70. The number of hydrogen-bond donors (Lipinski definition) is 1. The largest absolute Gasteiger partial charge is 0.351 e. The number of carbonyl (C=O) groups excluding carboxylic acids is 2. The van der Waals surface area contributed by atoms with Gasteiger partial charge in [0.05, 0.1) is 11.5 Å². The molecule has 8 heteroatoms. The molecule has 1 aliphatic heterocycles. The number of amides is 2. The predicted molar refractivity (Wildman–Crippen MR) is 99.4 cm³/mol. The number of halogens is 1. The number of hydrogen-bond acceptors (Lipinski definition) is 4. The molecule has 1 aliphatic carbocycles. The van der Waals surface area contributed by atoms with E-state index in [9.17, 15) is 18.0 Å². The Morgan fingerprint density at radius 1 is 1.27 bits per heavy atom. The van der Waals surface area contributed by atoms with Crippen LogP contribution in [-0.4, -0.2) is 49.2 Å². The monoisotopic (exact) mass is 398 g/mol. The number of carbonyl (C=O) groups is 2.